The van der Waals surface area contributed by atoms with Gasteiger partial charge < -0.3 is 30.5 Å². The number of piperidine rings is 1. The maximum atomic E-state index is 13.2. The van der Waals surface area contributed by atoms with E-state index in [1.165, 1.54) is 12.8 Å². The van der Waals surface area contributed by atoms with Gasteiger partial charge in [-0.1, -0.05) is 12.8 Å². The summed E-state index contributed by atoms with van der Waals surface area (Å²) in [4.78, 5) is 39.5. The van der Waals surface area contributed by atoms with Crippen LogP contribution in [0.2, 0.25) is 0 Å². The number of nitrogens with zero attached hydrogens (tertiary/aromatic N) is 4. The lowest BCUT2D eigenvalue weighted by atomic mass is 9.91. The van der Waals surface area contributed by atoms with Crippen LogP contribution in [-0.4, -0.2) is 67.7 Å². The van der Waals surface area contributed by atoms with Gasteiger partial charge in [-0.25, -0.2) is 4.98 Å². The fourth-order valence-electron chi connectivity index (χ4n) is 5.82. The van der Waals surface area contributed by atoms with E-state index in [9.17, 15) is 9.59 Å². The Morgan fingerprint density at radius 3 is 2.61 bits per heavy atom. The van der Waals surface area contributed by atoms with Crippen LogP contribution in [0, 0.1) is 5.41 Å². The molecule has 204 valence electrons. The standard InChI is InChI=1S/C28H39N7O3/c1-28(2)17-35(20-7-5-6-8-20)24-22(34(3)26(28)37)16-30-27(33-24)32-21-10-9-18(15-23(21)38-4)25(36)31-19-11-13-29-14-12-19/h9-10,15-16,19-20,29H,5-8,11-14,17H2,1-4H3,(H,31,36)(H,30,32,33). The second kappa shape index (κ2) is 10.8. The van der Waals surface area contributed by atoms with Crippen molar-refractivity contribution in [1.82, 2.24) is 20.6 Å². The van der Waals surface area contributed by atoms with Crippen molar-refractivity contribution >= 4 is 35.0 Å². The predicted molar refractivity (Wildman–Crippen MR) is 148 cm³/mol. The number of carbonyl (C=O) groups excluding carboxylic acids is 2. The van der Waals surface area contributed by atoms with Crippen molar-refractivity contribution in [2.45, 2.75) is 64.5 Å². The van der Waals surface area contributed by atoms with E-state index in [2.05, 4.69) is 25.8 Å². The molecular formula is C28H39N7O3. The Bertz CT molecular complexity index is 1190. The molecule has 0 atom stereocenters. The second-order valence-corrected chi connectivity index (χ2v) is 11.3. The quantitative estimate of drug-likeness (QED) is 0.530. The Labute approximate surface area is 224 Å². The molecule has 0 bridgehead atoms. The lowest BCUT2D eigenvalue weighted by Gasteiger charge is -2.34. The minimum Gasteiger partial charge on any atom is -0.495 e. The Balaban J connectivity index is 1.41. The van der Waals surface area contributed by atoms with Gasteiger partial charge in [-0.15, -0.1) is 0 Å². The first-order valence-corrected chi connectivity index (χ1v) is 13.7. The van der Waals surface area contributed by atoms with Crippen LogP contribution in [0.1, 0.15) is 62.7 Å². The summed E-state index contributed by atoms with van der Waals surface area (Å²) in [5, 5.41) is 9.72. The van der Waals surface area contributed by atoms with E-state index >= 15 is 0 Å². The monoisotopic (exact) mass is 521 g/mol. The third kappa shape index (κ3) is 5.27. The van der Waals surface area contributed by atoms with Crippen molar-refractivity contribution < 1.29 is 14.3 Å². The summed E-state index contributed by atoms with van der Waals surface area (Å²) in [6, 6.07) is 5.87. The van der Waals surface area contributed by atoms with Gasteiger partial charge in [0.2, 0.25) is 11.9 Å². The summed E-state index contributed by atoms with van der Waals surface area (Å²) in [6.45, 7) is 6.43. The molecular weight excluding hydrogens is 482 g/mol. The van der Waals surface area contributed by atoms with Crippen LogP contribution in [0.3, 0.4) is 0 Å². The van der Waals surface area contributed by atoms with Gasteiger partial charge in [0.1, 0.15) is 11.4 Å². The summed E-state index contributed by atoms with van der Waals surface area (Å²) >= 11 is 0. The van der Waals surface area contributed by atoms with E-state index in [4.69, 9.17) is 9.72 Å². The minimum absolute atomic E-state index is 0.0589. The van der Waals surface area contributed by atoms with Gasteiger partial charge in [0.15, 0.2) is 5.82 Å². The van der Waals surface area contributed by atoms with E-state index in [-0.39, 0.29) is 17.9 Å². The zero-order valence-electron chi connectivity index (χ0n) is 22.8. The smallest absolute Gasteiger partial charge is 0.251 e. The van der Waals surface area contributed by atoms with E-state index in [0.29, 0.717) is 35.5 Å². The minimum atomic E-state index is -0.542. The number of aromatic nitrogens is 2. The van der Waals surface area contributed by atoms with Gasteiger partial charge in [-0.2, -0.15) is 4.98 Å². The Hall–Kier alpha value is -3.40. The van der Waals surface area contributed by atoms with Crippen LogP contribution in [0.25, 0.3) is 0 Å². The molecule has 0 radical (unpaired) electrons. The summed E-state index contributed by atoms with van der Waals surface area (Å²) in [5.41, 5.74) is 1.38. The highest BCUT2D eigenvalue weighted by atomic mass is 16.5. The molecule has 10 heteroatoms. The van der Waals surface area contributed by atoms with Crippen LogP contribution in [0.4, 0.5) is 23.1 Å². The third-order valence-electron chi connectivity index (χ3n) is 7.98. The molecule has 1 aromatic heterocycles. The van der Waals surface area contributed by atoms with Crippen LogP contribution >= 0.6 is 0 Å². The Morgan fingerprint density at radius 2 is 1.89 bits per heavy atom. The average molecular weight is 522 g/mol. The highest BCUT2D eigenvalue weighted by Crippen LogP contribution is 2.40. The molecule has 2 amide bonds. The van der Waals surface area contributed by atoms with E-state index in [1.807, 2.05) is 19.9 Å². The average Bonchev–Trinajstić information content (AvgIpc) is 3.44. The molecule has 1 saturated carbocycles. The molecule has 1 saturated heterocycles. The molecule has 2 fully saturated rings. The zero-order valence-corrected chi connectivity index (χ0v) is 22.8. The molecule has 0 spiro atoms. The number of amides is 2. The highest BCUT2D eigenvalue weighted by molar-refractivity contribution is 6.01. The second-order valence-electron chi connectivity index (χ2n) is 11.3. The third-order valence-corrected chi connectivity index (χ3v) is 7.98. The number of hydrogen-bond donors (Lipinski definition) is 3. The lowest BCUT2D eigenvalue weighted by Crippen LogP contribution is -2.45. The molecule has 2 aliphatic heterocycles. The largest absolute Gasteiger partial charge is 0.495 e. The number of anilines is 4. The summed E-state index contributed by atoms with van der Waals surface area (Å²) in [7, 11) is 3.38. The maximum absolute atomic E-state index is 13.2. The topological polar surface area (TPSA) is 112 Å². The Kier molecular flexibility index (Phi) is 7.43. The predicted octanol–water partition coefficient (Wildman–Crippen LogP) is 3.46. The van der Waals surface area contributed by atoms with Gasteiger partial charge in [0.25, 0.3) is 5.91 Å². The highest BCUT2D eigenvalue weighted by Gasteiger charge is 2.41. The number of carbonyl (C=O) groups is 2. The number of methoxy groups -OCH3 is 1. The van der Waals surface area contributed by atoms with Crippen LogP contribution in [0.5, 0.6) is 5.75 Å². The molecule has 3 N–H and O–H groups in total. The number of rotatable bonds is 6. The molecule has 3 aliphatic rings. The van der Waals surface area contributed by atoms with Crippen molar-refractivity contribution in [2.24, 2.45) is 5.41 Å². The van der Waals surface area contributed by atoms with Gasteiger partial charge in [0.05, 0.1) is 24.4 Å². The van der Waals surface area contributed by atoms with Crippen molar-refractivity contribution in [3.05, 3.63) is 30.0 Å². The molecule has 1 aromatic carbocycles. The fraction of sp³-hybridized carbons (Fsp3) is 0.571. The molecule has 38 heavy (non-hydrogen) atoms. The van der Waals surface area contributed by atoms with Crippen molar-refractivity contribution in [2.75, 3.05) is 48.9 Å². The molecule has 1 aliphatic carbocycles. The summed E-state index contributed by atoms with van der Waals surface area (Å²) < 4.78 is 5.62. The molecule has 10 nitrogen and oxygen atoms in total. The maximum Gasteiger partial charge on any atom is 0.251 e. The molecule has 0 unspecified atom stereocenters. The zero-order chi connectivity index (χ0) is 26.9. The van der Waals surface area contributed by atoms with Crippen LogP contribution < -0.4 is 30.5 Å². The molecule has 2 aromatic rings. The number of hydrogen-bond acceptors (Lipinski definition) is 8. The summed E-state index contributed by atoms with van der Waals surface area (Å²) in [5.74, 6) is 1.67. The molecule has 3 heterocycles. The SMILES string of the molecule is COc1cc(C(=O)NC2CCNCC2)ccc1Nc1ncc2c(n1)N(C1CCCC1)CC(C)(C)C(=O)N2C. The van der Waals surface area contributed by atoms with Crippen LogP contribution in [0.15, 0.2) is 24.4 Å². The van der Waals surface area contributed by atoms with Crippen LogP contribution in [-0.2, 0) is 4.79 Å². The van der Waals surface area contributed by atoms with E-state index in [1.54, 1.807) is 37.4 Å². The van der Waals surface area contributed by atoms with Crippen molar-refractivity contribution in [3.8, 4) is 5.75 Å². The van der Waals surface area contributed by atoms with Gasteiger partial charge in [-0.3, -0.25) is 9.59 Å². The molecule has 5 rings (SSSR count). The van der Waals surface area contributed by atoms with Gasteiger partial charge in [0, 0.05) is 31.2 Å². The normalized spacial score (nSPS) is 20.2. The lowest BCUT2D eigenvalue weighted by molar-refractivity contribution is -0.125. The number of ether oxygens (including phenoxy) is 1. The fourth-order valence-corrected chi connectivity index (χ4v) is 5.82. The first-order chi connectivity index (χ1) is 18.3. The first kappa shape index (κ1) is 26.2. The number of benzene rings is 1. The van der Waals surface area contributed by atoms with E-state index in [0.717, 1.165) is 50.3 Å². The number of fused-ring (bicyclic) bond motifs is 1. The summed E-state index contributed by atoms with van der Waals surface area (Å²) in [6.07, 6.45) is 8.13. The van der Waals surface area contributed by atoms with Crippen molar-refractivity contribution in [1.29, 1.82) is 0 Å². The number of nitrogens with one attached hydrogen (secondary N) is 3. The van der Waals surface area contributed by atoms with Gasteiger partial charge in [-0.05, 0) is 70.8 Å². The Morgan fingerprint density at radius 1 is 1.16 bits per heavy atom. The van der Waals surface area contributed by atoms with Gasteiger partial charge >= 0.3 is 0 Å². The first-order valence-electron chi connectivity index (χ1n) is 13.7. The van der Waals surface area contributed by atoms with Crippen molar-refractivity contribution in [3.63, 3.8) is 0 Å². The van der Waals surface area contributed by atoms with E-state index < -0.39 is 5.41 Å².